The quantitative estimate of drug-likeness (QED) is 0.498. The van der Waals surface area contributed by atoms with E-state index in [1.54, 1.807) is 0 Å². The van der Waals surface area contributed by atoms with Crippen LogP contribution < -0.4 is 0 Å². The minimum atomic E-state index is -1.69. The summed E-state index contributed by atoms with van der Waals surface area (Å²) < 4.78 is 6.60. The lowest BCUT2D eigenvalue weighted by molar-refractivity contribution is 0.112. The second kappa shape index (κ2) is 4.24. The second-order valence-electron chi connectivity index (χ2n) is 7.93. The van der Waals surface area contributed by atoms with Crippen molar-refractivity contribution in [3.05, 3.63) is 12.2 Å². The van der Waals surface area contributed by atoms with E-state index in [-0.39, 0.29) is 16.6 Å². The lowest BCUT2D eigenvalue weighted by Crippen LogP contribution is -2.46. The van der Waals surface area contributed by atoms with Gasteiger partial charge in [0.25, 0.3) is 0 Å². The molecule has 2 unspecified atom stereocenters. The molecular formula is C15H30OSi. The summed E-state index contributed by atoms with van der Waals surface area (Å²) in [5.41, 5.74) is 1.55. The van der Waals surface area contributed by atoms with Crippen molar-refractivity contribution in [1.82, 2.24) is 0 Å². The van der Waals surface area contributed by atoms with Crippen LogP contribution in [-0.4, -0.2) is 14.4 Å². The third-order valence-electron chi connectivity index (χ3n) is 4.73. The summed E-state index contributed by atoms with van der Waals surface area (Å²) in [6.07, 6.45) is 1.45. The summed E-state index contributed by atoms with van der Waals surface area (Å²) in [6, 6.07) is 0. The predicted octanol–water partition coefficient (Wildman–Crippen LogP) is 5.00. The molecule has 0 amide bonds. The molecule has 0 saturated heterocycles. The van der Waals surface area contributed by atoms with Crippen molar-refractivity contribution in [1.29, 1.82) is 0 Å². The highest BCUT2D eigenvalue weighted by Crippen LogP contribution is 2.49. The average molecular weight is 254 g/mol. The monoisotopic (exact) mass is 254 g/mol. The summed E-state index contributed by atoms with van der Waals surface area (Å²) in [5, 5.41) is 0.273. The molecule has 1 aliphatic carbocycles. The van der Waals surface area contributed by atoms with E-state index in [0.29, 0.717) is 5.92 Å². The van der Waals surface area contributed by atoms with Crippen molar-refractivity contribution >= 4 is 8.32 Å². The van der Waals surface area contributed by atoms with Gasteiger partial charge in [-0.25, -0.2) is 0 Å². The van der Waals surface area contributed by atoms with Gasteiger partial charge in [-0.3, -0.25) is 0 Å². The van der Waals surface area contributed by atoms with E-state index in [0.717, 1.165) is 0 Å². The first kappa shape index (κ1) is 15.0. The molecule has 0 radical (unpaired) electrons. The Morgan fingerprint density at radius 3 is 2.06 bits per heavy atom. The Kier molecular flexibility index (Phi) is 3.73. The highest BCUT2D eigenvalue weighted by molar-refractivity contribution is 6.74. The van der Waals surface area contributed by atoms with Crippen LogP contribution in [0.4, 0.5) is 0 Å². The van der Waals surface area contributed by atoms with Crippen LogP contribution in [0, 0.1) is 11.3 Å². The Labute approximate surface area is 109 Å². The van der Waals surface area contributed by atoms with E-state index in [1.807, 2.05) is 0 Å². The van der Waals surface area contributed by atoms with Gasteiger partial charge in [0.2, 0.25) is 0 Å². The van der Waals surface area contributed by atoms with Gasteiger partial charge in [-0.15, -0.1) is 0 Å². The second-order valence-corrected chi connectivity index (χ2v) is 12.7. The molecule has 0 heterocycles. The van der Waals surface area contributed by atoms with Crippen LogP contribution in [0.15, 0.2) is 12.2 Å². The molecule has 0 aromatic heterocycles. The third-order valence-corrected chi connectivity index (χ3v) is 9.17. The van der Waals surface area contributed by atoms with Crippen LogP contribution in [0.25, 0.3) is 0 Å². The smallest absolute Gasteiger partial charge is 0.192 e. The normalized spacial score (nSPS) is 29.8. The molecule has 0 N–H and O–H groups in total. The van der Waals surface area contributed by atoms with Gasteiger partial charge in [0.05, 0.1) is 6.10 Å². The van der Waals surface area contributed by atoms with Gasteiger partial charge in [-0.05, 0) is 41.5 Å². The Balaban J connectivity index is 2.92. The van der Waals surface area contributed by atoms with Crippen molar-refractivity contribution < 1.29 is 4.43 Å². The Hall–Kier alpha value is -0.0831. The average Bonchev–Trinajstić information content (AvgIpc) is 2.26. The van der Waals surface area contributed by atoms with E-state index in [2.05, 4.69) is 61.2 Å². The van der Waals surface area contributed by atoms with E-state index in [4.69, 9.17) is 4.43 Å². The lowest BCUT2D eigenvalue weighted by atomic mass is 9.88. The summed E-state index contributed by atoms with van der Waals surface area (Å²) in [7, 11) is -1.69. The van der Waals surface area contributed by atoms with Gasteiger partial charge >= 0.3 is 0 Å². The van der Waals surface area contributed by atoms with Gasteiger partial charge in [0, 0.05) is 0 Å². The van der Waals surface area contributed by atoms with E-state index in [1.165, 1.54) is 12.0 Å². The van der Waals surface area contributed by atoms with Crippen LogP contribution in [-0.2, 0) is 4.43 Å². The molecule has 17 heavy (non-hydrogen) atoms. The Morgan fingerprint density at radius 1 is 1.29 bits per heavy atom. The molecule has 1 nitrogen and oxygen atoms in total. The summed E-state index contributed by atoms with van der Waals surface area (Å²) in [5.74, 6) is 0.597. The van der Waals surface area contributed by atoms with Crippen LogP contribution in [0.1, 0.15) is 48.0 Å². The third kappa shape index (κ3) is 2.85. The first-order chi connectivity index (χ1) is 7.38. The fraction of sp³-hybridized carbons (Fsp3) is 0.867. The molecule has 1 aliphatic rings. The number of hydrogen-bond acceptors (Lipinski definition) is 1. The van der Waals surface area contributed by atoms with Gasteiger partial charge in [-0.1, -0.05) is 48.1 Å². The van der Waals surface area contributed by atoms with Crippen LogP contribution in [0.2, 0.25) is 18.1 Å². The lowest BCUT2D eigenvalue weighted by Gasteiger charge is -2.42. The van der Waals surface area contributed by atoms with Crippen LogP contribution in [0.5, 0.6) is 0 Å². The van der Waals surface area contributed by atoms with Gasteiger partial charge in [0.15, 0.2) is 8.32 Å². The molecule has 2 atom stereocenters. The molecule has 1 fully saturated rings. The summed E-state index contributed by atoms with van der Waals surface area (Å²) in [6.45, 7) is 22.8. The Morgan fingerprint density at radius 2 is 1.76 bits per heavy atom. The van der Waals surface area contributed by atoms with Gasteiger partial charge in [0.1, 0.15) is 0 Å². The van der Waals surface area contributed by atoms with Crippen molar-refractivity contribution in [2.24, 2.45) is 11.3 Å². The molecule has 100 valence electrons. The van der Waals surface area contributed by atoms with Crippen molar-refractivity contribution in [2.75, 3.05) is 0 Å². The van der Waals surface area contributed by atoms with Crippen LogP contribution in [0.3, 0.4) is 0 Å². The first-order valence-corrected chi connectivity index (χ1v) is 9.66. The zero-order chi connectivity index (χ0) is 13.6. The van der Waals surface area contributed by atoms with E-state index < -0.39 is 8.32 Å². The molecule has 0 aromatic carbocycles. The first-order valence-electron chi connectivity index (χ1n) is 6.75. The van der Waals surface area contributed by atoms with Gasteiger partial charge in [-0.2, -0.15) is 0 Å². The Bertz CT molecular complexity index is 309. The molecule has 0 bridgehead atoms. The van der Waals surface area contributed by atoms with Crippen molar-refractivity contribution in [3.63, 3.8) is 0 Å². The minimum Gasteiger partial charge on any atom is -0.410 e. The van der Waals surface area contributed by atoms with E-state index in [9.17, 15) is 0 Å². The molecule has 0 spiro atoms. The highest BCUT2D eigenvalue weighted by Gasteiger charge is 2.47. The van der Waals surface area contributed by atoms with Crippen LogP contribution >= 0.6 is 0 Å². The fourth-order valence-electron chi connectivity index (χ4n) is 2.49. The minimum absolute atomic E-state index is 0.242. The molecule has 0 aliphatic heterocycles. The number of hydrogen-bond donors (Lipinski definition) is 0. The maximum atomic E-state index is 6.60. The SMILES string of the molecule is C=C1C(C)CC(C)(C)C1O[Si](C)(C)C(C)(C)C. The molecule has 0 aromatic rings. The summed E-state index contributed by atoms with van der Waals surface area (Å²) >= 11 is 0. The maximum Gasteiger partial charge on any atom is 0.192 e. The zero-order valence-corrected chi connectivity index (χ0v) is 14.0. The summed E-state index contributed by atoms with van der Waals surface area (Å²) in [4.78, 5) is 0. The topological polar surface area (TPSA) is 9.23 Å². The van der Waals surface area contributed by atoms with Crippen molar-refractivity contribution in [3.8, 4) is 0 Å². The highest BCUT2D eigenvalue weighted by atomic mass is 28.4. The standard InChI is InChI=1S/C15H30OSi/c1-11-10-15(6,7)13(12(11)2)16-17(8,9)14(3,4)5/h11,13H,2,10H2,1,3-9H3. The predicted molar refractivity (Wildman–Crippen MR) is 78.8 cm³/mol. The number of rotatable bonds is 2. The van der Waals surface area contributed by atoms with Gasteiger partial charge < -0.3 is 4.43 Å². The van der Waals surface area contributed by atoms with Crippen molar-refractivity contribution in [2.45, 2.75) is 72.2 Å². The molecule has 2 heteroatoms. The largest absolute Gasteiger partial charge is 0.410 e. The zero-order valence-electron chi connectivity index (χ0n) is 13.0. The maximum absolute atomic E-state index is 6.60. The van der Waals surface area contributed by atoms with E-state index >= 15 is 0 Å². The molecule has 1 saturated carbocycles. The molecular weight excluding hydrogens is 224 g/mol. The fourth-order valence-corrected chi connectivity index (χ4v) is 3.91. The molecule has 1 rings (SSSR count).